The van der Waals surface area contributed by atoms with Gasteiger partial charge in [-0.05, 0) is 24.7 Å². The maximum atomic E-state index is 12.3. The Morgan fingerprint density at radius 2 is 2.12 bits per heavy atom. The molecule has 0 bridgehead atoms. The van der Waals surface area contributed by atoms with Crippen LogP contribution in [0.1, 0.15) is 5.56 Å². The van der Waals surface area contributed by atoms with Crippen molar-refractivity contribution in [1.82, 2.24) is 25.1 Å². The van der Waals surface area contributed by atoms with Gasteiger partial charge < -0.3 is 10.6 Å². The van der Waals surface area contributed by atoms with Gasteiger partial charge in [0.05, 0.1) is 22.8 Å². The molecule has 7 nitrogen and oxygen atoms in total. The predicted molar refractivity (Wildman–Crippen MR) is 95.9 cm³/mol. The molecule has 0 aliphatic heterocycles. The number of aromatic amines is 1. The zero-order valence-electron chi connectivity index (χ0n) is 12.9. The smallest absolute Gasteiger partial charge is 0.278 e. The molecular formula is C15H16Cl2N6O. The van der Waals surface area contributed by atoms with Gasteiger partial charge in [0.15, 0.2) is 5.52 Å². The third-order valence-corrected chi connectivity index (χ3v) is 4.26. The summed E-state index contributed by atoms with van der Waals surface area (Å²) >= 11 is 11.9. The zero-order chi connectivity index (χ0) is 17.1. The van der Waals surface area contributed by atoms with Crippen LogP contribution in [0.5, 0.6) is 0 Å². The highest BCUT2D eigenvalue weighted by molar-refractivity contribution is 6.42. The number of rotatable bonds is 6. The first kappa shape index (κ1) is 16.8. The molecule has 126 valence electrons. The second kappa shape index (κ2) is 7.21. The van der Waals surface area contributed by atoms with Gasteiger partial charge in [-0.2, -0.15) is 5.10 Å². The van der Waals surface area contributed by atoms with Gasteiger partial charge >= 0.3 is 0 Å². The molecule has 0 radical (unpaired) electrons. The number of anilines is 1. The first-order valence-corrected chi connectivity index (χ1v) is 8.12. The van der Waals surface area contributed by atoms with E-state index in [1.165, 1.54) is 0 Å². The van der Waals surface area contributed by atoms with E-state index < -0.39 is 0 Å². The molecule has 2 heterocycles. The Bertz CT molecular complexity index is 920. The maximum absolute atomic E-state index is 12.3. The van der Waals surface area contributed by atoms with Gasteiger partial charge in [0.1, 0.15) is 5.52 Å². The monoisotopic (exact) mass is 366 g/mol. The van der Waals surface area contributed by atoms with E-state index in [9.17, 15) is 4.79 Å². The molecule has 0 saturated carbocycles. The molecule has 9 heteroatoms. The largest absolute Gasteiger partial charge is 0.352 e. The van der Waals surface area contributed by atoms with E-state index in [4.69, 9.17) is 23.2 Å². The Kier molecular flexibility index (Phi) is 5.03. The molecule has 1 aromatic carbocycles. The number of hydrogen-bond donors (Lipinski definition) is 3. The number of hydrogen-bond acceptors (Lipinski definition) is 5. The summed E-state index contributed by atoms with van der Waals surface area (Å²) in [7, 11) is 1.85. The molecule has 3 aromatic rings. The quantitative estimate of drug-likeness (QED) is 0.622. The molecule has 0 unspecified atom stereocenters. The van der Waals surface area contributed by atoms with Gasteiger partial charge in [0.25, 0.3) is 5.56 Å². The molecular weight excluding hydrogens is 351 g/mol. The lowest BCUT2D eigenvalue weighted by atomic mass is 10.2. The average molecular weight is 367 g/mol. The molecule has 3 N–H and O–H groups in total. The molecule has 24 heavy (non-hydrogen) atoms. The Labute approximate surface area is 148 Å². The minimum Gasteiger partial charge on any atom is -0.352 e. The van der Waals surface area contributed by atoms with Crippen LogP contribution in [0.15, 0.2) is 29.2 Å². The molecule has 0 amide bonds. The molecule has 0 aliphatic carbocycles. The summed E-state index contributed by atoms with van der Waals surface area (Å²) in [4.78, 5) is 19.4. The minimum absolute atomic E-state index is 0.231. The van der Waals surface area contributed by atoms with E-state index >= 15 is 0 Å². The number of likely N-dealkylation sites (N-methyl/N-ethyl adjacent to an activating group) is 1. The molecule has 0 saturated heterocycles. The molecule has 0 fully saturated rings. The first-order chi connectivity index (χ1) is 11.6. The number of nitrogens with one attached hydrogen (secondary N) is 3. The van der Waals surface area contributed by atoms with Crippen LogP contribution in [-0.4, -0.2) is 33.3 Å². The van der Waals surface area contributed by atoms with E-state index in [1.54, 1.807) is 23.0 Å². The van der Waals surface area contributed by atoms with E-state index in [0.29, 0.717) is 46.7 Å². The van der Waals surface area contributed by atoms with Crippen molar-refractivity contribution >= 4 is 40.2 Å². The molecule has 3 rings (SSSR count). The van der Waals surface area contributed by atoms with E-state index in [2.05, 4.69) is 25.7 Å². The van der Waals surface area contributed by atoms with Crippen LogP contribution >= 0.6 is 23.2 Å². The van der Waals surface area contributed by atoms with Crippen LogP contribution in [-0.2, 0) is 13.1 Å². The Morgan fingerprint density at radius 3 is 2.88 bits per heavy atom. The second-order valence-corrected chi connectivity index (χ2v) is 6.04. The first-order valence-electron chi connectivity index (χ1n) is 7.36. The molecule has 0 aliphatic rings. The zero-order valence-corrected chi connectivity index (χ0v) is 14.4. The topological polar surface area (TPSA) is 87.6 Å². The van der Waals surface area contributed by atoms with Crippen LogP contribution in [0.3, 0.4) is 0 Å². The summed E-state index contributed by atoms with van der Waals surface area (Å²) in [5, 5.41) is 11.3. The van der Waals surface area contributed by atoms with Gasteiger partial charge in [-0.1, -0.05) is 29.3 Å². The van der Waals surface area contributed by atoms with Crippen LogP contribution in [0.25, 0.3) is 11.0 Å². The highest BCUT2D eigenvalue weighted by Gasteiger charge is 2.10. The van der Waals surface area contributed by atoms with Gasteiger partial charge in [-0.3, -0.25) is 14.5 Å². The fourth-order valence-corrected chi connectivity index (χ4v) is 2.63. The highest BCUT2D eigenvalue weighted by atomic mass is 35.5. The summed E-state index contributed by atoms with van der Waals surface area (Å²) in [6, 6.07) is 5.35. The van der Waals surface area contributed by atoms with Gasteiger partial charge in [-0.25, -0.2) is 4.98 Å². The lowest BCUT2D eigenvalue weighted by molar-refractivity contribution is 0.599. The summed E-state index contributed by atoms with van der Waals surface area (Å²) in [5.41, 5.74) is 1.71. The number of halogens is 2. The Hall–Kier alpha value is -2.09. The van der Waals surface area contributed by atoms with Crippen molar-refractivity contribution in [1.29, 1.82) is 0 Å². The SMILES string of the molecule is CNCCn1ncc2nc(NCc3ccc(Cl)c(Cl)c3)[nH]c(=O)c21. The second-order valence-electron chi connectivity index (χ2n) is 5.22. The van der Waals surface area contributed by atoms with Crippen molar-refractivity contribution in [3.63, 3.8) is 0 Å². The highest BCUT2D eigenvalue weighted by Crippen LogP contribution is 2.22. The van der Waals surface area contributed by atoms with Gasteiger partial charge in [0.2, 0.25) is 5.95 Å². The average Bonchev–Trinajstić information content (AvgIpc) is 2.97. The van der Waals surface area contributed by atoms with Crippen molar-refractivity contribution in [2.45, 2.75) is 13.1 Å². The third-order valence-electron chi connectivity index (χ3n) is 3.52. The summed E-state index contributed by atoms with van der Waals surface area (Å²) in [6.07, 6.45) is 1.59. The number of nitrogens with zero attached hydrogens (tertiary/aromatic N) is 3. The molecule has 0 spiro atoms. The number of benzene rings is 1. The maximum Gasteiger partial charge on any atom is 0.278 e. The number of fused-ring (bicyclic) bond motifs is 1. The number of H-pyrrole nitrogens is 1. The summed E-state index contributed by atoms with van der Waals surface area (Å²) < 4.78 is 1.64. The van der Waals surface area contributed by atoms with Crippen molar-refractivity contribution in [2.24, 2.45) is 0 Å². The van der Waals surface area contributed by atoms with Crippen LogP contribution in [0.4, 0.5) is 5.95 Å². The van der Waals surface area contributed by atoms with Crippen molar-refractivity contribution in [3.05, 3.63) is 50.4 Å². The lowest BCUT2D eigenvalue weighted by Gasteiger charge is -2.07. The van der Waals surface area contributed by atoms with Crippen LogP contribution in [0.2, 0.25) is 10.0 Å². The van der Waals surface area contributed by atoms with Gasteiger partial charge in [0, 0.05) is 13.1 Å². The molecule has 0 atom stereocenters. The van der Waals surface area contributed by atoms with Gasteiger partial charge in [-0.15, -0.1) is 0 Å². The van der Waals surface area contributed by atoms with Crippen molar-refractivity contribution in [2.75, 3.05) is 18.9 Å². The minimum atomic E-state index is -0.231. The summed E-state index contributed by atoms with van der Waals surface area (Å²) in [5.74, 6) is 0.381. The standard InChI is InChI=1S/C15H16Cl2N6O/c1-18-4-5-23-13-12(8-20-23)21-15(22-14(13)24)19-7-9-2-3-10(16)11(17)6-9/h2-3,6,8,18H,4-5,7H2,1H3,(H2,19,21,22,24). The normalized spacial score (nSPS) is 11.1. The van der Waals surface area contributed by atoms with Crippen LogP contribution in [0, 0.1) is 0 Å². The number of aromatic nitrogens is 4. The predicted octanol–water partition coefficient (Wildman–Crippen LogP) is 2.26. The van der Waals surface area contributed by atoms with Crippen LogP contribution < -0.4 is 16.2 Å². The fraction of sp³-hybridized carbons (Fsp3) is 0.267. The van der Waals surface area contributed by atoms with E-state index in [-0.39, 0.29) is 5.56 Å². The molecule has 2 aromatic heterocycles. The summed E-state index contributed by atoms with van der Waals surface area (Å²) in [6.45, 7) is 1.77. The van der Waals surface area contributed by atoms with E-state index in [1.807, 2.05) is 13.1 Å². The lowest BCUT2D eigenvalue weighted by Crippen LogP contribution is -2.20. The Balaban J connectivity index is 1.80. The van der Waals surface area contributed by atoms with Crippen molar-refractivity contribution < 1.29 is 0 Å². The fourth-order valence-electron chi connectivity index (χ4n) is 2.31. The van der Waals surface area contributed by atoms with Crippen molar-refractivity contribution in [3.8, 4) is 0 Å². The van der Waals surface area contributed by atoms with E-state index in [0.717, 1.165) is 5.56 Å². The third kappa shape index (κ3) is 3.53. The Morgan fingerprint density at radius 1 is 1.29 bits per heavy atom.